The predicted octanol–water partition coefficient (Wildman–Crippen LogP) is 4.02. The zero-order chi connectivity index (χ0) is 14.5. The van der Waals surface area contributed by atoms with Gasteiger partial charge in [-0.1, -0.05) is 48.9 Å². The first-order valence-corrected chi connectivity index (χ1v) is 7.18. The molecule has 0 aliphatic rings. The summed E-state index contributed by atoms with van der Waals surface area (Å²) < 4.78 is 6.12. The average molecular weight is 269 g/mol. The Morgan fingerprint density at radius 1 is 1.10 bits per heavy atom. The number of benzene rings is 2. The molecule has 2 unspecified atom stereocenters. The molecule has 2 nitrogen and oxygen atoms in total. The highest BCUT2D eigenvalue weighted by atomic mass is 16.5. The Morgan fingerprint density at radius 3 is 2.40 bits per heavy atom. The molecular weight excluding hydrogens is 246 g/mol. The third kappa shape index (κ3) is 3.61. The molecule has 2 heteroatoms. The van der Waals surface area contributed by atoms with E-state index in [9.17, 15) is 0 Å². The topological polar surface area (TPSA) is 35.2 Å². The highest BCUT2D eigenvalue weighted by Crippen LogP contribution is 2.25. The summed E-state index contributed by atoms with van der Waals surface area (Å²) in [5, 5.41) is 0. The van der Waals surface area contributed by atoms with Crippen molar-refractivity contribution in [2.45, 2.75) is 39.3 Å². The summed E-state index contributed by atoms with van der Waals surface area (Å²) in [4.78, 5) is 0. The standard InChI is InChI=1S/C18H23NO/c1-4-15-6-5-7-17(12-15)20-18(14(3)19)16-10-8-13(2)9-11-16/h5-12,14,18H,4,19H2,1-3H3. The van der Waals surface area contributed by atoms with Crippen molar-refractivity contribution in [2.24, 2.45) is 5.73 Å². The van der Waals surface area contributed by atoms with Crippen LogP contribution in [-0.4, -0.2) is 6.04 Å². The van der Waals surface area contributed by atoms with Crippen LogP contribution in [0.25, 0.3) is 0 Å². The third-order valence-corrected chi connectivity index (χ3v) is 3.45. The van der Waals surface area contributed by atoms with E-state index in [0.29, 0.717) is 0 Å². The molecule has 0 aliphatic heterocycles. The second-order valence-electron chi connectivity index (χ2n) is 5.31. The van der Waals surface area contributed by atoms with Crippen molar-refractivity contribution in [3.63, 3.8) is 0 Å². The van der Waals surface area contributed by atoms with E-state index in [1.165, 1.54) is 11.1 Å². The summed E-state index contributed by atoms with van der Waals surface area (Å²) in [6, 6.07) is 16.5. The minimum absolute atomic E-state index is 0.0667. The van der Waals surface area contributed by atoms with Crippen LogP contribution in [0.15, 0.2) is 48.5 Å². The lowest BCUT2D eigenvalue weighted by Gasteiger charge is -2.23. The Hall–Kier alpha value is -1.80. The Bertz CT molecular complexity index is 546. The largest absolute Gasteiger partial charge is 0.484 e. The van der Waals surface area contributed by atoms with Crippen molar-refractivity contribution in [2.75, 3.05) is 0 Å². The fraction of sp³-hybridized carbons (Fsp3) is 0.333. The Morgan fingerprint density at radius 2 is 1.80 bits per heavy atom. The molecule has 2 aromatic carbocycles. The van der Waals surface area contributed by atoms with Crippen molar-refractivity contribution < 1.29 is 4.74 Å². The minimum Gasteiger partial charge on any atom is -0.484 e. The maximum absolute atomic E-state index is 6.12. The summed E-state index contributed by atoms with van der Waals surface area (Å²) in [6.07, 6.45) is 0.882. The van der Waals surface area contributed by atoms with Gasteiger partial charge in [0.1, 0.15) is 11.9 Å². The van der Waals surface area contributed by atoms with Gasteiger partial charge in [0.05, 0.1) is 0 Å². The highest BCUT2D eigenvalue weighted by Gasteiger charge is 2.18. The number of nitrogens with two attached hydrogens (primary N) is 1. The van der Waals surface area contributed by atoms with Crippen LogP contribution in [-0.2, 0) is 6.42 Å². The zero-order valence-electron chi connectivity index (χ0n) is 12.5. The smallest absolute Gasteiger partial charge is 0.138 e. The second-order valence-corrected chi connectivity index (χ2v) is 5.31. The molecule has 0 radical (unpaired) electrons. The van der Waals surface area contributed by atoms with Gasteiger partial charge in [-0.05, 0) is 43.5 Å². The van der Waals surface area contributed by atoms with E-state index in [4.69, 9.17) is 10.5 Å². The highest BCUT2D eigenvalue weighted by molar-refractivity contribution is 5.31. The second kappa shape index (κ2) is 6.58. The first-order valence-electron chi connectivity index (χ1n) is 7.18. The maximum Gasteiger partial charge on any atom is 0.138 e. The SMILES string of the molecule is CCc1cccc(OC(c2ccc(C)cc2)C(C)N)c1. The number of rotatable bonds is 5. The van der Waals surface area contributed by atoms with Crippen LogP contribution in [0.2, 0.25) is 0 Å². The van der Waals surface area contributed by atoms with Gasteiger partial charge in [-0.25, -0.2) is 0 Å². The van der Waals surface area contributed by atoms with E-state index < -0.39 is 0 Å². The molecule has 0 fully saturated rings. The van der Waals surface area contributed by atoms with Gasteiger partial charge in [0.2, 0.25) is 0 Å². The Labute approximate surface area is 121 Å². The van der Waals surface area contributed by atoms with E-state index in [0.717, 1.165) is 17.7 Å². The maximum atomic E-state index is 6.12. The fourth-order valence-electron chi connectivity index (χ4n) is 2.22. The first kappa shape index (κ1) is 14.6. The fourth-order valence-corrected chi connectivity index (χ4v) is 2.22. The van der Waals surface area contributed by atoms with Gasteiger partial charge in [-0.3, -0.25) is 0 Å². The molecule has 0 heterocycles. The molecule has 2 rings (SSSR count). The molecule has 20 heavy (non-hydrogen) atoms. The molecular formula is C18H23NO. The van der Waals surface area contributed by atoms with E-state index in [-0.39, 0.29) is 12.1 Å². The van der Waals surface area contributed by atoms with Crippen LogP contribution >= 0.6 is 0 Å². The quantitative estimate of drug-likeness (QED) is 0.889. The van der Waals surface area contributed by atoms with Crippen LogP contribution in [0.1, 0.15) is 36.6 Å². The van der Waals surface area contributed by atoms with Crippen molar-refractivity contribution in [3.8, 4) is 5.75 Å². The van der Waals surface area contributed by atoms with Crippen LogP contribution < -0.4 is 10.5 Å². The summed E-state index contributed by atoms with van der Waals surface area (Å²) in [7, 11) is 0. The third-order valence-electron chi connectivity index (χ3n) is 3.45. The molecule has 2 N–H and O–H groups in total. The van der Waals surface area contributed by atoms with Crippen LogP contribution in [0.5, 0.6) is 5.75 Å². The normalized spacial score (nSPS) is 13.8. The number of ether oxygens (including phenoxy) is 1. The van der Waals surface area contributed by atoms with E-state index in [1.807, 2.05) is 19.1 Å². The van der Waals surface area contributed by atoms with Gasteiger partial charge in [-0.15, -0.1) is 0 Å². The molecule has 0 spiro atoms. The molecule has 0 bridgehead atoms. The summed E-state index contributed by atoms with van der Waals surface area (Å²) in [6.45, 7) is 6.20. The molecule has 2 atom stereocenters. The lowest BCUT2D eigenvalue weighted by atomic mass is 10.0. The molecule has 0 saturated heterocycles. The summed E-state index contributed by atoms with van der Waals surface area (Å²) >= 11 is 0. The lowest BCUT2D eigenvalue weighted by molar-refractivity contribution is 0.180. The monoisotopic (exact) mass is 269 g/mol. The van der Waals surface area contributed by atoms with E-state index in [2.05, 4.69) is 50.2 Å². The molecule has 2 aromatic rings. The van der Waals surface area contributed by atoms with Crippen LogP contribution in [0.4, 0.5) is 0 Å². The van der Waals surface area contributed by atoms with Crippen molar-refractivity contribution in [3.05, 3.63) is 65.2 Å². The van der Waals surface area contributed by atoms with Gasteiger partial charge >= 0.3 is 0 Å². The number of aryl methyl sites for hydroxylation is 2. The Balaban J connectivity index is 2.23. The van der Waals surface area contributed by atoms with Crippen molar-refractivity contribution >= 4 is 0 Å². The van der Waals surface area contributed by atoms with Gasteiger partial charge in [0.25, 0.3) is 0 Å². The first-order chi connectivity index (χ1) is 9.60. The Kier molecular flexibility index (Phi) is 4.80. The number of hydrogen-bond acceptors (Lipinski definition) is 2. The molecule has 0 aliphatic carbocycles. The molecule has 0 aromatic heterocycles. The summed E-state index contributed by atoms with van der Waals surface area (Å²) in [5.74, 6) is 0.882. The lowest BCUT2D eigenvalue weighted by Crippen LogP contribution is -2.29. The van der Waals surface area contributed by atoms with Crippen molar-refractivity contribution in [1.29, 1.82) is 0 Å². The van der Waals surface area contributed by atoms with E-state index in [1.54, 1.807) is 0 Å². The summed E-state index contributed by atoms with van der Waals surface area (Å²) in [5.41, 5.74) is 9.73. The zero-order valence-corrected chi connectivity index (χ0v) is 12.5. The van der Waals surface area contributed by atoms with Crippen LogP contribution in [0, 0.1) is 6.92 Å². The van der Waals surface area contributed by atoms with Crippen molar-refractivity contribution in [1.82, 2.24) is 0 Å². The molecule has 0 amide bonds. The molecule has 0 saturated carbocycles. The number of hydrogen-bond donors (Lipinski definition) is 1. The molecule has 106 valence electrons. The van der Waals surface area contributed by atoms with E-state index >= 15 is 0 Å². The van der Waals surface area contributed by atoms with Gasteiger partial charge in [0.15, 0.2) is 0 Å². The average Bonchev–Trinajstić information content (AvgIpc) is 2.46. The van der Waals surface area contributed by atoms with Gasteiger partial charge in [-0.2, -0.15) is 0 Å². The van der Waals surface area contributed by atoms with Crippen LogP contribution in [0.3, 0.4) is 0 Å². The minimum atomic E-state index is -0.122. The predicted molar refractivity (Wildman–Crippen MR) is 84.0 cm³/mol. The van der Waals surface area contributed by atoms with Gasteiger partial charge < -0.3 is 10.5 Å². The van der Waals surface area contributed by atoms with Gasteiger partial charge in [0, 0.05) is 6.04 Å².